The lowest BCUT2D eigenvalue weighted by molar-refractivity contribution is -0.137. The van der Waals surface area contributed by atoms with E-state index >= 15 is 0 Å². The van der Waals surface area contributed by atoms with Crippen LogP contribution in [0.3, 0.4) is 0 Å². The third-order valence-electron chi connectivity index (χ3n) is 3.62. The van der Waals surface area contributed by atoms with Gasteiger partial charge in [-0.15, -0.1) is 0 Å². The molecule has 104 valence electrons. The molecular formula is C19H16O2. The number of fused-ring (bicyclic) bond motifs is 2. The Hall–Kier alpha value is -2.61. The Morgan fingerprint density at radius 1 is 1.00 bits per heavy atom. The van der Waals surface area contributed by atoms with Crippen molar-refractivity contribution in [1.82, 2.24) is 0 Å². The Bertz CT molecular complexity index is 818. The fourth-order valence-electron chi connectivity index (χ4n) is 2.57. The number of hydrogen-bond donors (Lipinski definition) is 0. The third kappa shape index (κ3) is 2.79. The summed E-state index contributed by atoms with van der Waals surface area (Å²) in [6.07, 6.45) is 1.89. The number of hydrogen-bond acceptors (Lipinski definition) is 2. The zero-order valence-corrected chi connectivity index (χ0v) is 11.7. The van der Waals surface area contributed by atoms with Crippen LogP contribution in [0, 0.1) is 0 Å². The SMILES string of the molecule is C=CC(=O)OCCc1cccc2cc3ccccc3cc12. The number of ether oxygens (including phenoxy) is 1. The smallest absolute Gasteiger partial charge is 0.330 e. The van der Waals surface area contributed by atoms with Crippen molar-refractivity contribution < 1.29 is 9.53 Å². The summed E-state index contributed by atoms with van der Waals surface area (Å²) in [5.41, 5.74) is 1.19. The quantitative estimate of drug-likeness (QED) is 0.404. The first-order valence-corrected chi connectivity index (χ1v) is 6.97. The molecule has 2 nitrogen and oxygen atoms in total. The minimum atomic E-state index is -0.374. The van der Waals surface area contributed by atoms with Crippen LogP contribution < -0.4 is 0 Å². The molecule has 0 spiro atoms. The molecule has 0 saturated heterocycles. The van der Waals surface area contributed by atoms with E-state index in [1.807, 2.05) is 18.2 Å². The number of esters is 1. The molecule has 3 rings (SSSR count). The summed E-state index contributed by atoms with van der Waals surface area (Å²) in [6.45, 7) is 3.77. The molecule has 0 N–H and O–H groups in total. The van der Waals surface area contributed by atoms with E-state index in [2.05, 4.69) is 43.0 Å². The molecule has 0 aliphatic heterocycles. The summed E-state index contributed by atoms with van der Waals surface area (Å²) in [6, 6.07) is 19.0. The lowest BCUT2D eigenvalue weighted by atomic mass is 9.98. The van der Waals surface area contributed by atoms with Gasteiger partial charge in [0.25, 0.3) is 0 Å². The van der Waals surface area contributed by atoms with E-state index in [-0.39, 0.29) is 5.97 Å². The molecule has 0 radical (unpaired) electrons. The van der Waals surface area contributed by atoms with Crippen molar-refractivity contribution in [1.29, 1.82) is 0 Å². The van der Waals surface area contributed by atoms with Gasteiger partial charge in [0, 0.05) is 12.5 Å². The highest BCUT2D eigenvalue weighted by Crippen LogP contribution is 2.25. The van der Waals surface area contributed by atoms with Crippen molar-refractivity contribution in [3.8, 4) is 0 Å². The molecular weight excluding hydrogens is 260 g/mol. The predicted octanol–water partition coefficient (Wildman–Crippen LogP) is 4.26. The van der Waals surface area contributed by atoms with Crippen LogP contribution in [-0.4, -0.2) is 12.6 Å². The fraction of sp³-hybridized carbons (Fsp3) is 0.105. The van der Waals surface area contributed by atoms with E-state index in [1.54, 1.807) is 0 Å². The number of carbonyl (C=O) groups is 1. The Morgan fingerprint density at radius 3 is 2.48 bits per heavy atom. The molecule has 0 aliphatic rings. The number of carbonyl (C=O) groups excluding carboxylic acids is 1. The topological polar surface area (TPSA) is 26.3 Å². The first-order chi connectivity index (χ1) is 10.3. The summed E-state index contributed by atoms with van der Waals surface area (Å²) < 4.78 is 5.07. The minimum absolute atomic E-state index is 0.372. The highest BCUT2D eigenvalue weighted by molar-refractivity contribution is 5.99. The molecule has 3 aromatic carbocycles. The fourth-order valence-corrected chi connectivity index (χ4v) is 2.57. The second-order valence-electron chi connectivity index (χ2n) is 4.96. The van der Waals surface area contributed by atoms with Gasteiger partial charge in [-0.2, -0.15) is 0 Å². The van der Waals surface area contributed by atoms with Crippen molar-refractivity contribution in [2.45, 2.75) is 6.42 Å². The Kier molecular flexibility index (Phi) is 3.69. The van der Waals surface area contributed by atoms with Crippen LogP contribution in [-0.2, 0) is 16.0 Å². The average molecular weight is 276 g/mol. The van der Waals surface area contributed by atoms with Crippen LogP contribution in [0.4, 0.5) is 0 Å². The molecule has 0 aliphatic carbocycles. The Labute approximate surface area is 123 Å². The van der Waals surface area contributed by atoms with Crippen LogP contribution >= 0.6 is 0 Å². The van der Waals surface area contributed by atoms with Gasteiger partial charge in [-0.3, -0.25) is 0 Å². The minimum Gasteiger partial charge on any atom is -0.462 e. The summed E-state index contributed by atoms with van der Waals surface area (Å²) >= 11 is 0. The van der Waals surface area contributed by atoms with Crippen molar-refractivity contribution in [3.05, 3.63) is 72.8 Å². The van der Waals surface area contributed by atoms with E-state index in [4.69, 9.17) is 4.74 Å². The molecule has 2 heteroatoms. The van der Waals surface area contributed by atoms with Crippen molar-refractivity contribution in [3.63, 3.8) is 0 Å². The summed E-state index contributed by atoms with van der Waals surface area (Å²) in [4.78, 5) is 11.1. The van der Waals surface area contributed by atoms with Crippen molar-refractivity contribution in [2.24, 2.45) is 0 Å². The van der Waals surface area contributed by atoms with E-state index in [0.29, 0.717) is 13.0 Å². The Morgan fingerprint density at radius 2 is 1.71 bits per heavy atom. The molecule has 0 fully saturated rings. The van der Waals surface area contributed by atoms with Gasteiger partial charge in [0.15, 0.2) is 0 Å². The maximum atomic E-state index is 11.1. The molecule has 0 saturated carbocycles. The van der Waals surface area contributed by atoms with E-state index in [0.717, 1.165) is 0 Å². The molecule has 3 aromatic rings. The molecule has 0 aromatic heterocycles. The molecule has 0 unspecified atom stereocenters. The highest BCUT2D eigenvalue weighted by Gasteiger charge is 2.04. The third-order valence-corrected chi connectivity index (χ3v) is 3.62. The van der Waals surface area contributed by atoms with Gasteiger partial charge in [0.1, 0.15) is 0 Å². The zero-order chi connectivity index (χ0) is 14.7. The molecule has 0 heterocycles. The van der Waals surface area contributed by atoms with Crippen LogP contribution in [0.2, 0.25) is 0 Å². The van der Waals surface area contributed by atoms with E-state index in [1.165, 1.54) is 33.2 Å². The van der Waals surface area contributed by atoms with E-state index in [9.17, 15) is 4.79 Å². The second kappa shape index (κ2) is 5.80. The van der Waals surface area contributed by atoms with Crippen LogP contribution in [0.15, 0.2) is 67.3 Å². The number of benzene rings is 3. The number of rotatable bonds is 4. The van der Waals surface area contributed by atoms with Gasteiger partial charge in [0.2, 0.25) is 0 Å². The van der Waals surface area contributed by atoms with Crippen LogP contribution in [0.25, 0.3) is 21.5 Å². The molecule has 21 heavy (non-hydrogen) atoms. The monoisotopic (exact) mass is 276 g/mol. The normalized spacial score (nSPS) is 10.7. The average Bonchev–Trinajstić information content (AvgIpc) is 2.53. The van der Waals surface area contributed by atoms with Gasteiger partial charge in [-0.05, 0) is 39.2 Å². The van der Waals surface area contributed by atoms with E-state index < -0.39 is 0 Å². The summed E-state index contributed by atoms with van der Waals surface area (Å²) in [7, 11) is 0. The second-order valence-corrected chi connectivity index (χ2v) is 4.96. The maximum Gasteiger partial charge on any atom is 0.330 e. The van der Waals surface area contributed by atoms with Gasteiger partial charge < -0.3 is 4.74 Å². The summed E-state index contributed by atoms with van der Waals surface area (Å²) in [5, 5.41) is 4.88. The van der Waals surface area contributed by atoms with Crippen LogP contribution in [0.5, 0.6) is 0 Å². The highest BCUT2D eigenvalue weighted by atomic mass is 16.5. The Balaban J connectivity index is 1.96. The lowest BCUT2D eigenvalue weighted by Crippen LogP contribution is -2.04. The standard InChI is InChI=1S/C19H16O2/c1-2-19(20)21-11-10-14-8-5-9-17-12-15-6-3-4-7-16(15)13-18(14)17/h2-9,12-13H,1,10-11H2. The zero-order valence-electron chi connectivity index (χ0n) is 11.7. The maximum absolute atomic E-state index is 11.1. The van der Waals surface area contributed by atoms with Gasteiger partial charge in [0.05, 0.1) is 6.61 Å². The van der Waals surface area contributed by atoms with Gasteiger partial charge in [-0.25, -0.2) is 4.79 Å². The van der Waals surface area contributed by atoms with Gasteiger partial charge >= 0.3 is 5.97 Å². The van der Waals surface area contributed by atoms with Gasteiger partial charge in [-0.1, -0.05) is 49.0 Å². The largest absolute Gasteiger partial charge is 0.462 e. The molecule has 0 atom stereocenters. The first kappa shape index (κ1) is 13.4. The first-order valence-electron chi connectivity index (χ1n) is 6.97. The van der Waals surface area contributed by atoms with Crippen LogP contribution in [0.1, 0.15) is 5.56 Å². The van der Waals surface area contributed by atoms with Crippen molar-refractivity contribution >= 4 is 27.5 Å². The molecule has 0 amide bonds. The predicted molar refractivity (Wildman–Crippen MR) is 86.3 cm³/mol. The van der Waals surface area contributed by atoms with Crippen molar-refractivity contribution in [2.75, 3.05) is 6.61 Å². The summed E-state index contributed by atoms with van der Waals surface area (Å²) in [5.74, 6) is -0.374. The molecule has 0 bridgehead atoms. The lowest BCUT2D eigenvalue weighted by Gasteiger charge is -2.08.